The summed E-state index contributed by atoms with van der Waals surface area (Å²) in [6, 6.07) is 19.9. The fourth-order valence-corrected chi connectivity index (χ4v) is 6.08. The van der Waals surface area contributed by atoms with Gasteiger partial charge in [0.25, 0.3) is 0 Å². The molecule has 0 fully saturated rings. The van der Waals surface area contributed by atoms with Crippen LogP contribution in [0.15, 0.2) is 60.7 Å². The molecule has 22 heavy (non-hydrogen) atoms. The zero-order valence-corrected chi connectivity index (χ0v) is 14.7. The van der Waals surface area contributed by atoms with Crippen molar-refractivity contribution >= 4 is 19.3 Å². The Morgan fingerprint density at radius 1 is 0.909 bits per heavy atom. The zero-order valence-electron chi connectivity index (χ0n) is 13.8. The van der Waals surface area contributed by atoms with E-state index in [1.54, 1.807) is 5.30 Å². The highest BCUT2D eigenvalue weighted by Gasteiger charge is 2.27. The fourth-order valence-electron chi connectivity index (χ4n) is 3.30. The van der Waals surface area contributed by atoms with Crippen LogP contribution in [0.2, 0.25) is 0 Å². The molecule has 0 N–H and O–H groups in total. The molecule has 0 aliphatic heterocycles. The van der Waals surface area contributed by atoms with Gasteiger partial charge < -0.3 is 0 Å². The topological polar surface area (TPSA) is 0 Å². The second-order valence-corrected chi connectivity index (χ2v) is 10.2. The molecule has 1 heteroatoms. The molecule has 2 atom stereocenters. The van der Waals surface area contributed by atoms with Gasteiger partial charge in [0.15, 0.2) is 0 Å². The summed E-state index contributed by atoms with van der Waals surface area (Å²) in [5, 5.41) is 1.90. The van der Waals surface area contributed by atoms with Gasteiger partial charge in [-0.15, -0.1) is 0 Å². The van der Waals surface area contributed by atoms with Crippen molar-refractivity contribution in [3.8, 4) is 0 Å². The maximum absolute atomic E-state index is 2.39. The smallest absolute Gasteiger partial charge is 0.00306 e. The minimum atomic E-state index is -0.136. The Balaban J connectivity index is 1.75. The van der Waals surface area contributed by atoms with Gasteiger partial charge >= 0.3 is 0 Å². The highest BCUT2D eigenvalue weighted by atomic mass is 31.1. The number of allylic oxidation sites excluding steroid dienone is 1. The Hall–Kier alpha value is -1.39. The third-order valence-electron chi connectivity index (χ3n) is 4.44. The normalized spacial score (nSPS) is 18.2. The van der Waals surface area contributed by atoms with Crippen molar-refractivity contribution in [2.75, 3.05) is 6.16 Å². The van der Waals surface area contributed by atoms with Crippen LogP contribution < -0.4 is 5.30 Å². The first kappa shape index (κ1) is 15.5. The summed E-state index contributed by atoms with van der Waals surface area (Å²) >= 11 is 0. The third-order valence-corrected chi connectivity index (χ3v) is 7.69. The summed E-state index contributed by atoms with van der Waals surface area (Å²) in [6.45, 7) is 7.18. The van der Waals surface area contributed by atoms with Crippen LogP contribution in [-0.2, 0) is 0 Å². The van der Waals surface area contributed by atoms with E-state index in [1.807, 2.05) is 0 Å². The molecule has 1 aliphatic carbocycles. The molecule has 0 aromatic heterocycles. The van der Waals surface area contributed by atoms with Crippen LogP contribution >= 0.6 is 7.92 Å². The van der Waals surface area contributed by atoms with Crippen molar-refractivity contribution in [3.05, 3.63) is 71.8 Å². The van der Waals surface area contributed by atoms with Crippen molar-refractivity contribution in [1.29, 1.82) is 0 Å². The van der Waals surface area contributed by atoms with Crippen molar-refractivity contribution in [1.82, 2.24) is 0 Å². The Labute approximate surface area is 136 Å². The van der Waals surface area contributed by atoms with Crippen molar-refractivity contribution in [2.24, 2.45) is 0 Å². The molecular weight excluding hydrogens is 283 g/mol. The van der Waals surface area contributed by atoms with Gasteiger partial charge in [0.05, 0.1) is 0 Å². The van der Waals surface area contributed by atoms with Crippen LogP contribution in [0.3, 0.4) is 0 Å². The summed E-state index contributed by atoms with van der Waals surface area (Å²) in [4.78, 5) is 0. The molecule has 0 nitrogen and oxygen atoms in total. The molecule has 0 heterocycles. The molecule has 2 aromatic rings. The first-order valence-electron chi connectivity index (χ1n) is 8.15. The van der Waals surface area contributed by atoms with Gasteiger partial charge in [0, 0.05) is 5.92 Å². The number of rotatable bonds is 4. The van der Waals surface area contributed by atoms with Gasteiger partial charge in [-0.25, -0.2) is 0 Å². The molecule has 0 radical (unpaired) electrons. The van der Waals surface area contributed by atoms with E-state index < -0.39 is 0 Å². The molecule has 2 aromatic carbocycles. The predicted octanol–water partition coefficient (Wildman–Crippen LogP) is 5.79. The molecule has 0 amide bonds. The quantitative estimate of drug-likeness (QED) is 0.627. The molecular formula is C21H25P. The number of fused-ring (bicyclic) bond motifs is 1. The molecule has 1 aliphatic rings. The number of benzene rings is 2. The van der Waals surface area contributed by atoms with E-state index in [2.05, 4.69) is 87.5 Å². The van der Waals surface area contributed by atoms with Crippen molar-refractivity contribution in [2.45, 2.75) is 38.3 Å². The van der Waals surface area contributed by atoms with Crippen molar-refractivity contribution in [3.63, 3.8) is 0 Å². The Kier molecular flexibility index (Phi) is 4.50. The summed E-state index contributed by atoms with van der Waals surface area (Å²) < 4.78 is 0. The standard InChI is InChI=1S/C21H25P/c1-21(2,3)22(19-10-5-4-6-11-19)16-15-18-14-13-17-9-7-8-12-20(17)18/h4-14,18H,15-16H2,1-3H3. The second kappa shape index (κ2) is 6.39. The van der Waals surface area contributed by atoms with Crippen LogP contribution in [0, 0.1) is 0 Å². The van der Waals surface area contributed by atoms with Gasteiger partial charge in [-0.1, -0.05) is 95.4 Å². The molecule has 114 valence electrons. The van der Waals surface area contributed by atoms with E-state index in [0.29, 0.717) is 11.1 Å². The van der Waals surface area contributed by atoms with Crippen molar-refractivity contribution < 1.29 is 0 Å². The molecule has 0 bridgehead atoms. The molecule has 2 unspecified atom stereocenters. The van der Waals surface area contributed by atoms with E-state index >= 15 is 0 Å². The van der Waals surface area contributed by atoms with Crippen LogP contribution in [0.25, 0.3) is 6.08 Å². The summed E-state index contributed by atoms with van der Waals surface area (Å²) in [5.74, 6) is 0.604. The molecule has 0 spiro atoms. The van der Waals surface area contributed by atoms with Gasteiger partial charge in [0.2, 0.25) is 0 Å². The van der Waals surface area contributed by atoms with Crippen LogP contribution in [0.5, 0.6) is 0 Å². The molecule has 0 saturated heterocycles. The Morgan fingerprint density at radius 2 is 1.59 bits per heavy atom. The van der Waals surface area contributed by atoms with E-state index in [0.717, 1.165) is 0 Å². The fraction of sp³-hybridized carbons (Fsp3) is 0.333. The average molecular weight is 308 g/mol. The van der Waals surface area contributed by atoms with E-state index in [4.69, 9.17) is 0 Å². The van der Waals surface area contributed by atoms with E-state index in [1.165, 1.54) is 23.7 Å². The van der Waals surface area contributed by atoms with Gasteiger partial charge in [-0.2, -0.15) is 0 Å². The highest BCUT2D eigenvalue weighted by molar-refractivity contribution is 7.67. The molecule has 3 rings (SSSR count). The maximum Gasteiger partial charge on any atom is 0.00306 e. The number of hydrogen-bond acceptors (Lipinski definition) is 0. The van der Waals surface area contributed by atoms with E-state index in [-0.39, 0.29) is 7.92 Å². The van der Waals surface area contributed by atoms with Crippen LogP contribution in [0.4, 0.5) is 0 Å². The lowest BCUT2D eigenvalue weighted by atomic mass is 9.99. The lowest BCUT2D eigenvalue weighted by Crippen LogP contribution is -2.21. The largest absolute Gasteiger partial charge is 0.0764 e. The first-order chi connectivity index (χ1) is 10.6. The minimum absolute atomic E-state index is 0.136. The Morgan fingerprint density at radius 3 is 2.32 bits per heavy atom. The SMILES string of the molecule is CC(C)(C)P(CCC1C=Cc2ccccc21)c1ccccc1. The zero-order chi connectivity index (χ0) is 15.6. The van der Waals surface area contributed by atoms with Crippen LogP contribution in [-0.4, -0.2) is 11.3 Å². The highest BCUT2D eigenvalue weighted by Crippen LogP contribution is 2.50. The van der Waals surface area contributed by atoms with E-state index in [9.17, 15) is 0 Å². The Bertz CT molecular complexity index is 649. The lowest BCUT2D eigenvalue weighted by molar-refractivity contribution is 0.766. The number of hydrogen-bond donors (Lipinski definition) is 0. The molecule has 0 saturated carbocycles. The average Bonchev–Trinajstić information content (AvgIpc) is 2.91. The summed E-state index contributed by atoms with van der Waals surface area (Å²) in [6.07, 6.45) is 7.24. The summed E-state index contributed by atoms with van der Waals surface area (Å²) in [5.41, 5.74) is 2.92. The predicted molar refractivity (Wildman–Crippen MR) is 100 cm³/mol. The minimum Gasteiger partial charge on any atom is -0.0764 e. The second-order valence-electron chi connectivity index (χ2n) is 7.04. The third kappa shape index (κ3) is 3.33. The van der Waals surface area contributed by atoms with Gasteiger partial charge in [0.1, 0.15) is 0 Å². The maximum atomic E-state index is 2.39. The van der Waals surface area contributed by atoms with Gasteiger partial charge in [-0.3, -0.25) is 0 Å². The monoisotopic (exact) mass is 308 g/mol. The van der Waals surface area contributed by atoms with Crippen LogP contribution in [0.1, 0.15) is 44.2 Å². The van der Waals surface area contributed by atoms with Gasteiger partial charge in [-0.05, 0) is 34.2 Å². The summed E-state index contributed by atoms with van der Waals surface area (Å²) in [7, 11) is -0.136. The first-order valence-corrected chi connectivity index (χ1v) is 9.68. The lowest BCUT2D eigenvalue weighted by Gasteiger charge is -2.32.